The first-order valence-corrected chi connectivity index (χ1v) is 9.08. The molecule has 1 N–H and O–H groups in total. The van der Waals surface area contributed by atoms with Crippen molar-refractivity contribution in [3.63, 3.8) is 0 Å². The summed E-state index contributed by atoms with van der Waals surface area (Å²) in [5, 5.41) is 4.09. The molecular weight excluding hydrogens is 340 g/mol. The van der Waals surface area contributed by atoms with Crippen LogP contribution in [0, 0.1) is 0 Å². The van der Waals surface area contributed by atoms with Crippen LogP contribution in [0.4, 0.5) is 0 Å². The first-order valence-electron chi connectivity index (χ1n) is 8.68. The summed E-state index contributed by atoms with van der Waals surface area (Å²) in [6, 6.07) is 22.3. The van der Waals surface area contributed by atoms with Crippen LogP contribution >= 0.6 is 12.2 Å². The van der Waals surface area contributed by atoms with Crippen molar-refractivity contribution in [1.82, 2.24) is 20.2 Å². The normalized spacial score (nSPS) is 10.3. The van der Waals surface area contributed by atoms with Gasteiger partial charge in [0.2, 0.25) is 0 Å². The summed E-state index contributed by atoms with van der Waals surface area (Å²) < 4.78 is 0. The molecule has 0 unspecified atom stereocenters. The molecule has 0 radical (unpaired) electrons. The van der Waals surface area contributed by atoms with Gasteiger partial charge in [-0.25, -0.2) is 0 Å². The lowest BCUT2D eigenvalue weighted by molar-refractivity contribution is 0.389. The van der Waals surface area contributed by atoms with Crippen molar-refractivity contribution in [2.24, 2.45) is 0 Å². The molecule has 0 spiro atoms. The van der Waals surface area contributed by atoms with Gasteiger partial charge in [0, 0.05) is 18.9 Å². The molecular formula is C21H22N4S. The Hall–Kier alpha value is -2.79. The Bertz CT molecular complexity index is 753. The van der Waals surface area contributed by atoms with Gasteiger partial charge in [0.1, 0.15) is 0 Å². The molecule has 0 atom stereocenters. The Labute approximate surface area is 159 Å². The first kappa shape index (κ1) is 18.0. The van der Waals surface area contributed by atoms with E-state index in [0.717, 1.165) is 29.5 Å². The Morgan fingerprint density at radius 2 is 1.38 bits per heavy atom. The van der Waals surface area contributed by atoms with Crippen LogP contribution in [0.25, 0.3) is 0 Å². The molecule has 3 aromatic rings. The summed E-state index contributed by atoms with van der Waals surface area (Å²) >= 11 is 5.65. The van der Waals surface area contributed by atoms with Crippen molar-refractivity contribution in [2.75, 3.05) is 6.54 Å². The van der Waals surface area contributed by atoms with Crippen LogP contribution in [0.15, 0.2) is 79.1 Å². The predicted molar refractivity (Wildman–Crippen MR) is 108 cm³/mol. The van der Waals surface area contributed by atoms with Crippen LogP contribution in [-0.4, -0.2) is 26.5 Å². The second kappa shape index (κ2) is 9.63. The molecule has 0 amide bonds. The van der Waals surface area contributed by atoms with Crippen LogP contribution in [-0.2, 0) is 19.5 Å². The first-order chi connectivity index (χ1) is 12.8. The third kappa shape index (κ3) is 5.63. The molecule has 26 heavy (non-hydrogen) atoms. The third-order valence-corrected chi connectivity index (χ3v) is 4.38. The van der Waals surface area contributed by atoms with E-state index < -0.39 is 0 Å². The van der Waals surface area contributed by atoms with Gasteiger partial charge >= 0.3 is 0 Å². The number of thiocarbonyl (C=S) groups is 1. The molecule has 3 rings (SSSR count). The fourth-order valence-corrected chi connectivity index (χ4v) is 2.88. The highest BCUT2D eigenvalue weighted by molar-refractivity contribution is 7.80. The minimum atomic E-state index is 0.647. The van der Waals surface area contributed by atoms with Gasteiger partial charge in [-0.2, -0.15) is 0 Å². The van der Waals surface area contributed by atoms with E-state index in [2.05, 4.69) is 44.5 Å². The number of nitrogens with one attached hydrogen (secondary N) is 1. The number of pyridine rings is 2. The summed E-state index contributed by atoms with van der Waals surface area (Å²) in [4.78, 5) is 10.9. The average molecular weight is 363 g/mol. The van der Waals surface area contributed by atoms with Gasteiger partial charge in [-0.05, 0) is 48.5 Å². The Morgan fingerprint density at radius 3 is 1.92 bits per heavy atom. The molecule has 5 heteroatoms. The van der Waals surface area contributed by atoms with E-state index in [4.69, 9.17) is 12.2 Å². The molecule has 2 aromatic heterocycles. The summed E-state index contributed by atoms with van der Waals surface area (Å²) in [6.07, 6.45) is 4.54. The smallest absolute Gasteiger partial charge is 0.169 e. The van der Waals surface area contributed by atoms with Gasteiger partial charge in [-0.1, -0.05) is 42.5 Å². The minimum Gasteiger partial charge on any atom is -0.362 e. The maximum Gasteiger partial charge on any atom is 0.169 e. The van der Waals surface area contributed by atoms with Gasteiger partial charge in [0.25, 0.3) is 0 Å². The topological polar surface area (TPSA) is 41.0 Å². The van der Waals surface area contributed by atoms with E-state index in [-0.39, 0.29) is 0 Å². The molecule has 2 heterocycles. The van der Waals surface area contributed by atoms with Crippen LogP contribution in [0.2, 0.25) is 0 Å². The van der Waals surface area contributed by atoms with Crippen LogP contribution in [0.5, 0.6) is 0 Å². The molecule has 4 nitrogen and oxygen atoms in total. The van der Waals surface area contributed by atoms with Crippen molar-refractivity contribution < 1.29 is 0 Å². The van der Waals surface area contributed by atoms with Crippen LogP contribution in [0.3, 0.4) is 0 Å². The summed E-state index contributed by atoms with van der Waals surface area (Å²) in [5.74, 6) is 0. The number of nitrogens with zero attached hydrogens (tertiary/aromatic N) is 3. The molecule has 0 bridgehead atoms. The lowest BCUT2D eigenvalue weighted by Crippen LogP contribution is -2.40. The third-order valence-electron chi connectivity index (χ3n) is 3.98. The average Bonchev–Trinajstić information content (AvgIpc) is 2.70. The van der Waals surface area contributed by atoms with Gasteiger partial charge in [0.05, 0.1) is 24.5 Å². The Kier molecular flexibility index (Phi) is 6.67. The van der Waals surface area contributed by atoms with E-state index >= 15 is 0 Å². The maximum absolute atomic E-state index is 5.65. The summed E-state index contributed by atoms with van der Waals surface area (Å²) in [7, 11) is 0. The summed E-state index contributed by atoms with van der Waals surface area (Å²) in [6.45, 7) is 2.09. The van der Waals surface area contributed by atoms with E-state index in [1.54, 1.807) is 12.4 Å². The van der Waals surface area contributed by atoms with Crippen molar-refractivity contribution in [1.29, 1.82) is 0 Å². The number of hydrogen-bond donors (Lipinski definition) is 1. The molecule has 0 saturated carbocycles. The fourth-order valence-electron chi connectivity index (χ4n) is 2.64. The lowest BCUT2D eigenvalue weighted by Gasteiger charge is -2.25. The summed E-state index contributed by atoms with van der Waals surface area (Å²) in [5.41, 5.74) is 3.26. The molecule has 0 aliphatic rings. The molecule has 0 saturated heterocycles. The number of benzene rings is 1. The molecule has 132 valence electrons. The van der Waals surface area contributed by atoms with E-state index in [1.807, 2.05) is 42.5 Å². The molecule has 0 aliphatic heterocycles. The number of rotatable bonds is 7. The zero-order chi connectivity index (χ0) is 18.0. The maximum atomic E-state index is 5.65. The Balaban J connectivity index is 1.62. The standard InChI is InChI=1S/C21H22N4S/c26-21(24-15-12-18-8-2-1-3-9-18)25(16-19-10-4-6-13-22-19)17-20-11-5-7-14-23-20/h1-11,13-14H,12,15-17H2,(H,24,26). The van der Waals surface area contributed by atoms with Gasteiger partial charge < -0.3 is 10.2 Å². The highest BCUT2D eigenvalue weighted by Crippen LogP contribution is 2.08. The van der Waals surface area contributed by atoms with Crippen LogP contribution < -0.4 is 5.32 Å². The molecule has 1 aromatic carbocycles. The largest absolute Gasteiger partial charge is 0.362 e. The second-order valence-corrected chi connectivity index (χ2v) is 6.35. The monoisotopic (exact) mass is 362 g/mol. The highest BCUT2D eigenvalue weighted by atomic mass is 32.1. The fraction of sp³-hybridized carbons (Fsp3) is 0.190. The zero-order valence-electron chi connectivity index (χ0n) is 14.6. The predicted octanol–water partition coefficient (Wildman–Crippen LogP) is 3.60. The second-order valence-electron chi connectivity index (χ2n) is 5.97. The quantitative estimate of drug-likeness (QED) is 0.651. The molecule has 0 fully saturated rings. The zero-order valence-corrected chi connectivity index (χ0v) is 15.4. The number of hydrogen-bond acceptors (Lipinski definition) is 3. The van der Waals surface area contributed by atoms with E-state index in [9.17, 15) is 0 Å². The van der Waals surface area contributed by atoms with E-state index in [1.165, 1.54) is 5.56 Å². The van der Waals surface area contributed by atoms with Gasteiger partial charge in [-0.15, -0.1) is 0 Å². The highest BCUT2D eigenvalue weighted by Gasteiger charge is 2.12. The van der Waals surface area contributed by atoms with Crippen molar-refractivity contribution in [3.05, 3.63) is 96.1 Å². The lowest BCUT2D eigenvalue weighted by atomic mass is 10.1. The van der Waals surface area contributed by atoms with Crippen LogP contribution in [0.1, 0.15) is 17.0 Å². The minimum absolute atomic E-state index is 0.647. The van der Waals surface area contributed by atoms with E-state index in [0.29, 0.717) is 13.1 Å². The van der Waals surface area contributed by atoms with Crippen molar-refractivity contribution in [3.8, 4) is 0 Å². The van der Waals surface area contributed by atoms with Crippen molar-refractivity contribution in [2.45, 2.75) is 19.5 Å². The molecule has 0 aliphatic carbocycles. The van der Waals surface area contributed by atoms with Gasteiger partial charge in [-0.3, -0.25) is 9.97 Å². The number of aromatic nitrogens is 2. The van der Waals surface area contributed by atoms with Gasteiger partial charge in [0.15, 0.2) is 5.11 Å². The Morgan fingerprint density at radius 1 is 0.808 bits per heavy atom. The SMILES string of the molecule is S=C(NCCc1ccccc1)N(Cc1ccccn1)Cc1ccccn1. The van der Waals surface area contributed by atoms with Crippen molar-refractivity contribution >= 4 is 17.3 Å².